The van der Waals surface area contributed by atoms with E-state index in [-0.39, 0.29) is 11.9 Å². The predicted molar refractivity (Wildman–Crippen MR) is 84.5 cm³/mol. The van der Waals surface area contributed by atoms with Gasteiger partial charge in [0.1, 0.15) is 0 Å². The number of morpholine rings is 1. The van der Waals surface area contributed by atoms with Crippen LogP contribution >= 0.6 is 0 Å². The molecule has 23 heavy (non-hydrogen) atoms. The zero-order valence-corrected chi connectivity index (χ0v) is 13.8. The Morgan fingerprint density at radius 2 is 1.96 bits per heavy atom. The molecule has 0 radical (unpaired) electrons. The maximum atomic E-state index is 12.7. The summed E-state index contributed by atoms with van der Waals surface area (Å²) in [5, 5.41) is 0. The van der Waals surface area contributed by atoms with E-state index in [0.29, 0.717) is 38.7 Å². The normalized spacial score (nSPS) is 25.1. The fraction of sp³-hybridized carbons (Fsp3) is 0.600. The quantitative estimate of drug-likeness (QED) is 0.511. The predicted octanol–water partition coefficient (Wildman–Crippen LogP) is -0.432. The zero-order chi connectivity index (χ0) is 16.7. The number of amides is 3. The van der Waals surface area contributed by atoms with E-state index in [0.717, 1.165) is 16.4 Å². The largest absolute Gasteiger partial charge is 0.392 e. The molecular formula is C15H22N5O3+. The lowest BCUT2D eigenvalue weighted by molar-refractivity contribution is -0.554. The molecule has 3 amide bonds. The first-order valence-corrected chi connectivity index (χ1v) is 7.66. The van der Waals surface area contributed by atoms with Crippen molar-refractivity contribution >= 4 is 23.7 Å². The van der Waals surface area contributed by atoms with Crippen LogP contribution in [0.1, 0.15) is 6.92 Å². The van der Waals surface area contributed by atoms with Crippen molar-refractivity contribution in [2.24, 2.45) is 4.99 Å². The van der Waals surface area contributed by atoms with Crippen LogP contribution < -0.4 is 0 Å². The summed E-state index contributed by atoms with van der Waals surface area (Å²) < 4.78 is 7.49. The summed E-state index contributed by atoms with van der Waals surface area (Å²) in [4.78, 5) is 34.0. The molecule has 0 aromatic carbocycles. The summed E-state index contributed by atoms with van der Waals surface area (Å²) >= 11 is 0. The molecule has 0 N–H and O–H groups in total. The molecule has 1 atom stereocenters. The first kappa shape index (κ1) is 15.7. The standard InChI is InChI=1S/C15H22N5O3/c1-10(2)9-20-11-12(17(3)15(22)18(4)13(11)21)16-14(20)19-5-7-23-8-6-19/h11H,1,5-9H2,2-4H3/q+1. The molecule has 0 spiro atoms. The molecular weight excluding hydrogens is 298 g/mol. The van der Waals surface area contributed by atoms with Gasteiger partial charge in [-0.3, -0.25) is 19.2 Å². The number of amidine groups is 1. The van der Waals surface area contributed by atoms with Crippen molar-refractivity contribution in [3.05, 3.63) is 12.2 Å². The van der Waals surface area contributed by atoms with Crippen molar-refractivity contribution in [3.63, 3.8) is 0 Å². The molecule has 3 aliphatic heterocycles. The number of guanidine groups is 1. The van der Waals surface area contributed by atoms with Gasteiger partial charge >= 0.3 is 12.0 Å². The smallest absolute Gasteiger partial charge is 0.375 e. The van der Waals surface area contributed by atoms with Gasteiger partial charge < -0.3 is 4.74 Å². The van der Waals surface area contributed by atoms with E-state index in [1.54, 1.807) is 7.05 Å². The van der Waals surface area contributed by atoms with E-state index in [1.807, 2.05) is 11.8 Å². The maximum absolute atomic E-state index is 12.7. The zero-order valence-electron chi connectivity index (χ0n) is 13.8. The number of nitrogens with zero attached hydrogens (tertiary/aromatic N) is 5. The number of likely N-dealkylation sites (N-methyl/N-ethyl adjacent to an activating group) is 2. The first-order valence-electron chi connectivity index (χ1n) is 7.66. The van der Waals surface area contributed by atoms with Crippen LogP contribution in [0.2, 0.25) is 0 Å². The van der Waals surface area contributed by atoms with Crippen LogP contribution in [0.4, 0.5) is 4.79 Å². The first-order chi connectivity index (χ1) is 10.9. The van der Waals surface area contributed by atoms with E-state index < -0.39 is 6.04 Å². The third kappa shape index (κ3) is 2.52. The average molecular weight is 320 g/mol. The molecule has 0 aromatic rings. The van der Waals surface area contributed by atoms with E-state index in [4.69, 9.17) is 4.74 Å². The molecule has 3 heterocycles. The number of imide groups is 1. The molecule has 3 rings (SSSR count). The highest BCUT2D eigenvalue weighted by Gasteiger charge is 2.55. The molecule has 0 aliphatic carbocycles. The van der Waals surface area contributed by atoms with Crippen molar-refractivity contribution in [2.75, 3.05) is 46.9 Å². The summed E-state index contributed by atoms with van der Waals surface area (Å²) in [5.41, 5.74) is 0.933. The number of aliphatic imine (C=N–C) groups is 1. The van der Waals surface area contributed by atoms with Gasteiger partial charge in [-0.05, 0) is 12.5 Å². The molecule has 2 fully saturated rings. The number of urea groups is 1. The van der Waals surface area contributed by atoms with Crippen molar-refractivity contribution in [3.8, 4) is 0 Å². The van der Waals surface area contributed by atoms with Crippen molar-refractivity contribution in [1.82, 2.24) is 14.7 Å². The van der Waals surface area contributed by atoms with E-state index in [1.165, 1.54) is 11.9 Å². The minimum atomic E-state index is -0.572. The van der Waals surface area contributed by atoms with Gasteiger partial charge in [-0.15, -0.1) is 0 Å². The van der Waals surface area contributed by atoms with E-state index >= 15 is 0 Å². The van der Waals surface area contributed by atoms with E-state index in [2.05, 4.69) is 16.1 Å². The highest BCUT2D eigenvalue weighted by Crippen LogP contribution is 2.23. The number of rotatable bonds is 2. The fourth-order valence-corrected chi connectivity index (χ4v) is 3.05. The highest BCUT2D eigenvalue weighted by molar-refractivity contribution is 6.25. The van der Waals surface area contributed by atoms with Gasteiger partial charge in [-0.1, -0.05) is 11.6 Å². The number of ether oxygens (including phenoxy) is 1. The number of carbonyl (C=O) groups excluding carboxylic acids is 2. The highest BCUT2D eigenvalue weighted by atomic mass is 16.5. The monoisotopic (exact) mass is 320 g/mol. The lowest BCUT2D eigenvalue weighted by atomic mass is 10.1. The Bertz CT molecular complexity index is 631. The van der Waals surface area contributed by atoms with Crippen LogP contribution in [0, 0.1) is 0 Å². The Morgan fingerprint density at radius 1 is 1.30 bits per heavy atom. The van der Waals surface area contributed by atoms with Gasteiger partial charge in [0, 0.05) is 14.1 Å². The van der Waals surface area contributed by atoms with Crippen LogP contribution in [-0.2, 0) is 9.53 Å². The second-order valence-corrected chi connectivity index (χ2v) is 6.10. The molecule has 8 heteroatoms. The average Bonchev–Trinajstić information content (AvgIpc) is 2.90. The van der Waals surface area contributed by atoms with Crippen LogP contribution in [0.15, 0.2) is 17.1 Å². The summed E-state index contributed by atoms with van der Waals surface area (Å²) in [7, 11) is 3.15. The topological polar surface area (TPSA) is 68.5 Å². The molecule has 3 aliphatic rings. The molecule has 0 aromatic heterocycles. The third-order valence-electron chi connectivity index (χ3n) is 4.24. The minimum absolute atomic E-state index is 0.253. The van der Waals surface area contributed by atoms with Crippen molar-refractivity contribution in [1.29, 1.82) is 0 Å². The SMILES string of the molecule is C=C(C)CN1C(=[N+]2CCOCC2)N=C2C1C(=O)N(C)C(=O)N2C. The molecule has 124 valence electrons. The van der Waals surface area contributed by atoms with Gasteiger partial charge in [-0.25, -0.2) is 9.69 Å². The van der Waals surface area contributed by atoms with E-state index in [9.17, 15) is 9.59 Å². The van der Waals surface area contributed by atoms with Crippen LogP contribution in [0.25, 0.3) is 0 Å². The summed E-state index contributed by atoms with van der Waals surface area (Å²) in [6, 6.07) is -0.930. The number of hydrogen-bond donors (Lipinski definition) is 0. The summed E-state index contributed by atoms with van der Waals surface area (Å²) in [6.45, 7) is 9.08. The van der Waals surface area contributed by atoms with Gasteiger partial charge in [-0.2, -0.15) is 0 Å². The molecule has 1 unspecified atom stereocenters. The minimum Gasteiger partial charge on any atom is -0.375 e. The van der Waals surface area contributed by atoms with Gasteiger partial charge in [0.05, 0.1) is 32.8 Å². The van der Waals surface area contributed by atoms with Crippen molar-refractivity contribution in [2.45, 2.75) is 13.0 Å². The summed E-state index contributed by atoms with van der Waals surface area (Å²) in [5.74, 6) is 0.955. The maximum Gasteiger partial charge on any atom is 0.392 e. The van der Waals surface area contributed by atoms with Gasteiger partial charge in [0.2, 0.25) is 11.9 Å². The molecule has 0 bridgehead atoms. The Labute approximate surface area is 135 Å². The molecule has 2 saturated heterocycles. The third-order valence-corrected chi connectivity index (χ3v) is 4.24. The van der Waals surface area contributed by atoms with Crippen LogP contribution in [0.5, 0.6) is 0 Å². The lowest BCUT2D eigenvalue weighted by Gasteiger charge is -2.33. The van der Waals surface area contributed by atoms with Gasteiger partial charge in [0.25, 0.3) is 5.91 Å². The number of carbonyl (C=O) groups is 2. The summed E-state index contributed by atoms with van der Waals surface area (Å²) in [6.07, 6.45) is 0. The Morgan fingerprint density at radius 3 is 2.57 bits per heavy atom. The second-order valence-electron chi connectivity index (χ2n) is 6.10. The lowest BCUT2D eigenvalue weighted by Crippen LogP contribution is -2.63. The van der Waals surface area contributed by atoms with Gasteiger partial charge in [0.15, 0.2) is 0 Å². The number of fused-ring (bicyclic) bond motifs is 1. The Balaban J connectivity index is 2.06. The Hall–Kier alpha value is -2.22. The molecule has 8 nitrogen and oxygen atoms in total. The second kappa shape index (κ2) is 5.77. The van der Waals surface area contributed by atoms with Crippen LogP contribution in [0.3, 0.4) is 0 Å². The fourth-order valence-electron chi connectivity index (χ4n) is 3.05. The number of hydrogen-bond acceptors (Lipinski definition) is 3. The van der Waals surface area contributed by atoms with Crippen molar-refractivity contribution < 1.29 is 18.9 Å². The Kier molecular flexibility index (Phi) is 3.93. The molecule has 0 saturated carbocycles. The van der Waals surface area contributed by atoms with Crippen LogP contribution in [-0.4, -0.2) is 96.0 Å².